The third-order valence-corrected chi connectivity index (χ3v) is 0.878. The predicted molar refractivity (Wildman–Crippen MR) is 31.5 cm³/mol. The van der Waals surface area contributed by atoms with E-state index < -0.39 is 24.3 Å². The smallest absolute Gasteiger partial charge is 0.281 e. The van der Waals surface area contributed by atoms with E-state index in [4.69, 9.17) is 10.5 Å². The quantitative estimate of drug-likeness (QED) is 0.254. The molecule has 0 heterocycles. The third-order valence-electron chi connectivity index (χ3n) is 0.878. The van der Waals surface area contributed by atoms with E-state index in [2.05, 4.69) is 9.78 Å². The van der Waals surface area contributed by atoms with Crippen LogP contribution in [0.3, 0.4) is 0 Å². The van der Waals surface area contributed by atoms with Crippen LogP contribution in [0.2, 0.25) is 0 Å². The van der Waals surface area contributed by atoms with E-state index >= 15 is 0 Å². The van der Waals surface area contributed by atoms with Gasteiger partial charge < -0.3 is 0 Å². The second-order valence-corrected chi connectivity index (χ2v) is 1.89. The van der Waals surface area contributed by atoms with Crippen LogP contribution in [-0.4, -0.2) is 28.4 Å². The van der Waals surface area contributed by atoms with Crippen molar-refractivity contribution >= 4 is 11.6 Å². The zero-order chi connectivity index (χ0) is 8.85. The van der Waals surface area contributed by atoms with Gasteiger partial charge in [0.15, 0.2) is 0 Å². The minimum absolute atomic E-state index is 0.408. The van der Waals surface area contributed by atoms with Gasteiger partial charge in [-0.1, -0.05) is 0 Å². The summed E-state index contributed by atoms with van der Waals surface area (Å²) in [6.45, 7) is 1.18. The Morgan fingerprint density at radius 1 is 1.36 bits per heavy atom. The molecule has 2 N–H and O–H groups in total. The van der Waals surface area contributed by atoms with E-state index in [0.717, 1.165) is 0 Å². The highest BCUT2D eigenvalue weighted by Crippen LogP contribution is 1.96. The number of carbonyl (C=O) groups excluding carboxylic acids is 2. The molecule has 0 aromatic carbocycles. The summed E-state index contributed by atoms with van der Waals surface area (Å²) >= 11 is 0. The monoisotopic (exact) mass is 164 g/mol. The van der Waals surface area contributed by atoms with Gasteiger partial charge in [0.25, 0.3) is 6.29 Å². The number of ketones is 2. The second kappa shape index (κ2) is 4.91. The minimum atomic E-state index is -1.79. The van der Waals surface area contributed by atoms with Crippen LogP contribution in [0.4, 0.5) is 0 Å². The first-order valence-electron chi connectivity index (χ1n) is 2.74. The molecule has 0 aliphatic carbocycles. The SMILES string of the molecule is CC(=O)CC(=O)C(OO)OO. The van der Waals surface area contributed by atoms with Crippen LogP contribution in [-0.2, 0) is 19.4 Å². The summed E-state index contributed by atoms with van der Waals surface area (Å²) < 4.78 is 0. The lowest BCUT2D eigenvalue weighted by Gasteiger charge is -2.05. The molecule has 0 atom stereocenters. The van der Waals surface area contributed by atoms with Crippen LogP contribution in [0.25, 0.3) is 0 Å². The average Bonchev–Trinajstić information content (AvgIpc) is 1.88. The molecular weight excluding hydrogens is 156 g/mol. The van der Waals surface area contributed by atoms with Crippen molar-refractivity contribution in [1.82, 2.24) is 0 Å². The van der Waals surface area contributed by atoms with Crippen molar-refractivity contribution < 1.29 is 29.9 Å². The molecule has 0 aliphatic heterocycles. The summed E-state index contributed by atoms with van der Waals surface area (Å²) in [5.41, 5.74) is 0. The fourth-order valence-corrected chi connectivity index (χ4v) is 0.466. The molecule has 6 nitrogen and oxygen atoms in total. The van der Waals surface area contributed by atoms with E-state index in [1.54, 1.807) is 0 Å². The zero-order valence-electron chi connectivity index (χ0n) is 5.81. The molecule has 0 aliphatic rings. The molecule has 0 bridgehead atoms. The summed E-state index contributed by atoms with van der Waals surface area (Å²) in [6.07, 6.45) is -2.25. The fraction of sp³-hybridized carbons (Fsp3) is 0.600. The van der Waals surface area contributed by atoms with Crippen molar-refractivity contribution in [3.63, 3.8) is 0 Å². The normalized spacial score (nSPS) is 10.2. The Bertz CT molecular complexity index is 149. The molecule has 11 heavy (non-hydrogen) atoms. The Balaban J connectivity index is 3.89. The van der Waals surface area contributed by atoms with Crippen molar-refractivity contribution in [1.29, 1.82) is 0 Å². The van der Waals surface area contributed by atoms with E-state index in [1.807, 2.05) is 0 Å². The summed E-state index contributed by atoms with van der Waals surface area (Å²) in [5, 5.41) is 15.8. The van der Waals surface area contributed by atoms with Gasteiger partial charge >= 0.3 is 0 Å². The highest BCUT2D eigenvalue weighted by atomic mass is 17.2. The van der Waals surface area contributed by atoms with E-state index in [9.17, 15) is 9.59 Å². The number of rotatable bonds is 5. The maximum Gasteiger partial charge on any atom is 0.281 e. The lowest BCUT2D eigenvalue weighted by atomic mass is 10.2. The Morgan fingerprint density at radius 2 is 1.82 bits per heavy atom. The molecule has 0 spiro atoms. The van der Waals surface area contributed by atoms with Crippen LogP contribution in [0.15, 0.2) is 0 Å². The Hall–Kier alpha value is -0.820. The van der Waals surface area contributed by atoms with Crippen molar-refractivity contribution in [3.8, 4) is 0 Å². The molecule has 0 aromatic heterocycles. The summed E-state index contributed by atoms with van der Waals surface area (Å²) in [7, 11) is 0. The van der Waals surface area contributed by atoms with Gasteiger partial charge in [-0.2, -0.15) is 9.78 Å². The molecule has 0 aromatic rings. The molecule has 6 heteroatoms. The van der Waals surface area contributed by atoms with Gasteiger partial charge in [0.1, 0.15) is 5.78 Å². The van der Waals surface area contributed by atoms with Crippen molar-refractivity contribution in [2.24, 2.45) is 0 Å². The van der Waals surface area contributed by atoms with Gasteiger partial charge in [0, 0.05) is 0 Å². The predicted octanol–water partition coefficient (Wildman–Crippen LogP) is -0.160. The fourth-order valence-electron chi connectivity index (χ4n) is 0.466. The van der Waals surface area contributed by atoms with Crippen LogP contribution >= 0.6 is 0 Å². The van der Waals surface area contributed by atoms with E-state index in [0.29, 0.717) is 0 Å². The number of Topliss-reactive ketones (excluding diaryl/α,β-unsaturated/α-hetero) is 2. The topological polar surface area (TPSA) is 93.1 Å². The molecule has 64 valence electrons. The van der Waals surface area contributed by atoms with E-state index in [-0.39, 0.29) is 0 Å². The van der Waals surface area contributed by atoms with Gasteiger partial charge in [0.2, 0.25) is 5.78 Å². The molecule has 0 amide bonds. The Kier molecular flexibility index (Phi) is 4.55. The van der Waals surface area contributed by atoms with Gasteiger partial charge in [-0.3, -0.25) is 9.59 Å². The maximum atomic E-state index is 10.6. The highest BCUT2D eigenvalue weighted by Gasteiger charge is 2.21. The van der Waals surface area contributed by atoms with Gasteiger partial charge in [-0.15, -0.1) is 0 Å². The Labute approximate surface area is 62.2 Å². The first kappa shape index (κ1) is 10.2. The van der Waals surface area contributed by atoms with E-state index in [1.165, 1.54) is 6.92 Å². The summed E-state index contributed by atoms with van der Waals surface area (Å²) in [5.74, 6) is -1.25. The molecule has 0 saturated carbocycles. The molecule has 0 rings (SSSR count). The van der Waals surface area contributed by atoms with Crippen LogP contribution in [0.1, 0.15) is 13.3 Å². The molecule has 0 fully saturated rings. The summed E-state index contributed by atoms with van der Waals surface area (Å²) in [4.78, 5) is 27.7. The number of hydrogen-bond acceptors (Lipinski definition) is 6. The lowest BCUT2D eigenvalue weighted by molar-refractivity contribution is -0.414. The maximum absolute atomic E-state index is 10.6. The van der Waals surface area contributed by atoms with Crippen LogP contribution in [0.5, 0.6) is 0 Å². The van der Waals surface area contributed by atoms with Gasteiger partial charge in [0.05, 0.1) is 6.42 Å². The minimum Gasteiger partial charge on any atom is -0.300 e. The lowest BCUT2D eigenvalue weighted by Crippen LogP contribution is -2.26. The van der Waals surface area contributed by atoms with Gasteiger partial charge in [-0.25, -0.2) is 10.5 Å². The van der Waals surface area contributed by atoms with Gasteiger partial charge in [-0.05, 0) is 6.92 Å². The standard InChI is InChI=1S/C5H8O6/c1-3(6)2-4(7)5(10-8)11-9/h5,8-9H,2H2,1H3. The number of hydrogen-bond donors (Lipinski definition) is 2. The average molecular weight is 164 g/mol. The molecule has 0 unspecified atom stereocenters. The highest BCUT2D eigenvalue weighted by molar-refractivity contribution is 5.99. The third kappa shape index (κ3) is 3.79. The first-order valence-corrected chi connectivity index (χ1v) is 2.74. The first-order chi connectivity index (χ1) is 5.11. The molecule has 0 radical (unpaired) electrons. The molecular formula is C5H8O6. The molecule has 0 saturated heterocycles. The summed E-state index contributed by atoms with van der Waals surface area (Å²) in [6, 6.07) is 0. The number of carbonyl (C=O) groups is 2. The second-order valence-electron chi connectivity index (χ2n) is 1.89. The van der Waals surface area contributed by atoms with Crippen LogP contribution < -0.4 is 0 Å². The zero-order valence-corrected chi connectivity index (χ0v) is 5.81. The Morgan fingerprint density at radius 3 is 2.09 bits per heavy atom. The van der Waals surface area contributed by atoms with Crippen molar-refractivity contribution in [2.45, 2.75) is 19.6 Å². The van der Waals surface area contributed by atoms with Crippen molar-refractivity contribution in [3.05, 3.63) is 0 Å². The largest absolute Gasteiger partial charge is 0.300 e. The van der Waals surface area contributed by atoms with Crippen LogP contribution in [0, 0.1) is 0 Å². The van der Waals surface area contributed by atoms with Crippen molar-refractivity contribution in [2.75, 3.05) is 0 Å².